The Morgan fingerprint density at radius 1 is 0.952 bits per heavy atom. The Morgan fingerprint density at radius 2 is 1.67 bits per heavy atom. The number of nitrogens with one attached hydrogen (secondary N) is 1. The number of hydrogen-bond acceptors (Lipinski definition) is 5. The number of carbonyl (C=O) groups is 2. The van der Waals surface area contributed by atoms with E-state index in [0.29, 0.717) is 17.1 Å². The lowest BCUT2D eigenvalue weighted by molar-refractivity contribution is -0.140. The molecule has 3 rings (SSSR count). The summed E-state index contributed by atoms with van der Waals surface area (Å²) in [5, 5.41) is 3.83. The number of nitrogens with zero attached hydrogens (tertiary/aromatic N) is 2. The zero-order chi connectivity index (χ0) is 30.9. The lowest BCUT2D eigenvalue weighted by atomic mass is 10.0. The van der Waals surface area contributed by atoms with Gasteiger partial charge in [-0.25, -0.2) is 8.42 Å². The number of halogens is 3. The molecule has 12 heteroatoms. The number of hydrogen-bond donors (Lipinski definition) is 1. The van der Waals surface area contributed by atoms with Crippen molar-refractivity contribution in [2.45, 2.75) is 38.8 Å². The van der Waals surface area contributed by atoms with Gasteiger partial charge in [0.05, 0.1) is 29.1 Å². The highest BCUT2D eigenvalue weighted by Gasteiger charge is 2.33. The van der Waals surface area contributed by atoms with Gasteiger partial charge in [0, 0.05) is 24.5 Å². The molecule has 1 N–H and O–H groups in total. The second-order valence-corrected chi connectivity index (χ2v) is 12.9. The average Bonchev–Trinajstić information content (AvgIpc) is 2.95. The molecule has 0 spiro atoms. The number of carbonyl (C=O) groups excluding carboxylic acids is 2. The minimum absolute atomic E-state index is 0.0291. The number of methoxy groups -OCH3 is 1. The van der Waals surface area contributed by atoms with Crippen molar-refractivity contribution in [3.8, 4) is 5.75 Å². The molecule has 0 aliphatic heterocycles. The van der Waals surface area contributed by atoms with Crippen molar-refractivity contribution in [2.75, 3.05) is 30.8 Å². The van der Waals surface area contributed by atoms with Crippen molar-refractivity contribution < 1.29 is 22.7 Å². The van der Waals surface area contributed by atoms with Gasteiger partial charge in [0.1, 0.15) is 18.3 Å². The van der Waals surface area contributed by atoms with Gasteiger partial charge in [-0.1, -0.05) is 84.5 Å². The van der Waals surface area contributed by atoms with Crippen molar-refractivity contribution >= 4 is 62.3 Å². The molecule has 3 aromatic rings. The summed E-state index contributed by atoms with van der Waals surface area (Å²) >= 11 is 18.6. The SMILES string of the molecule is CCCCNC(=O)C(Cc1ccccc1)N(Cc1ccc(Cl)c(Cl)c1)C(=O)CN(c1cc(Cl)ccc1OC)S(C)(=O)=O. The van der Waals surface area contributed by atoms with Gasteiger partial charge >= 0.3 is 0 Å². The van der Waals surface area contributed by atoms with E-state index in [1.54, 1.807) is 24.3 Å². The highest BCUT2D eigenvalue weighted by molar-refractivity contribution is 7.92. The Hall–Kier alpha value is -2.98. The van der Waals surface area contributed by atoms with Crippen LogP contribution in [0.4, 0.5) is 5.69 Å². The second-order valence-electron chi connectivity index (χ2n) is 9.71. The highest BCUT2D eigenvalue weighted by Crippen LogP contribution is 2.33. The maximum atomic E-state index is 14.2. The first-order chi connectivity index (χ1) is 19.9. The normalized spacial score (nSPS) is 12.0. The largest absolute Gasteiger partial charge is 0.495 e. The molecule has 0 radical (unpaired) electrons. The van der Waals surface area contributed by atoms with E-state index in [1.165, 1.54) is 24.1 Å². The summed E-state index contributed by atoms with van der Waals surface area (Å²) in [7, 11) is -2.60. The van der Waals surface area contributed by atoms with Gasteiger partial charge in [-0.15, -0.1) is 0 Å². The molecule has 0 saturated carbocycles. The molecular weight excluding hydrogens is 621 g/mol. The molecule has 1 atom stereocenters. The van der Waals surface area contributed by atoms with E-state index in [0.717, 1.165) is 29.0 Å². The van der Waals surface area contributed by atoms with Crippen molar-refractivity contribution in [3.63, 3.8) is 0 Å². The lowest BCUT2D eigenvalue weighted by Crippen LogP contribution is -2.53. The molecule has 0 aliphatic rings. The zero-order valence-electron chi connectivity index (χ0n) is 23.6. The maximum Gasteiger partial charge on any atom is 0.244 e. The van der Waals surface area contributed by atoms with Gasteiger partial charge in [0.2, 0.25) is 21.8 Å². The van der Waals surface area contributed by atoms with Crippen LogP contribution in [-0.4, -0.2) is 57.6 Å². The molecule has 0 fully saturated rings. The fraction of sp³-hybridized carbons (Fsp3) is 0.333. The summed E-state index contributed by atoms with van der Waals surface area (Å²) in [6.07, 6.45) is 2.83. The van der Waals surface area contributed by atoms with Crippen LogP contribution < -0.4 is 14.4 Å². The molecule has 3 aromatic carbocycles. The third-order valence-corrected chi connectivity index (χ3v) is 8.63. The van der Waals surface area contributed by atoms with Crippen LogP contribution >= 0.6 is 34.8 Å². The number of unbranched alkanes of at least 4 members (excludes halogenated alkanes) is 1. The van der Waals surface area contributed by atoms with Crippen LogP contribution in [0.3, 0.4) is 0 Å². The van der Waals surface area contributed by atoms with Crippen LogP contribution in [0.2, 0.25) is 15.1 Å². The Kier molecular flexibility index (Phi) is 12.4. The monoisotopic (exact) mass is 653 g/mol. The van der Waals surface area contributed by atoms with Crippen molar-refractivity contribution in [3.05, 3.63) is 92.9 Å². The molecule has 1 unspecified atom stereocenters. The number of amides is 2. The smallest absolute Gasteiger partial charge is 0.244 e. The maximum absolute atomic E-state index is 14.2. The number of rotatable bonds is 14. The Balaban J connectivity index is 2.10. The summed E-state index contributed by atoms with van der Waals surface area (Å²) in [6.45, 7) is 1.81. The first kappa shape index (κ1) is 33.5. The zero-order valence-corrected chi connectivity index (χ0v) is 26.7. The van der Waals surface area contributed by atoms with Crippen LogP contribution in [0.15, 0.2) is 66.7 Å². The average molecular weight is 655 g/mol. The number of sulfonamides is 1. The summed E-state index contributed by atoms with van der Waals surface area (Å²) < 4.78 is 32.4. The Labute approximate surface area is 262 Å². The molecule has 226 valence electrons. The standard InChI is InChI=1S/C30H34Cl3N3O5S/c1-4-5-15-34-30(38)27(17-21-9-7-6-8-10-21)35(19-22-11-13-24(32)25(33)16-22)29(37)20-36(42(3,39)40)26-18-23(31)12-14-28(26)41-2/h6-14,16,18,27H,4-5,15,17,19-20H2,1-3H3,(H,34,38). The third-order valence-electron chi connectivity index (χ3n) is 6.53. The molecule has 0 aromatic heterocycles. The minimum Gasteiger partial charge on any atom is -0.495 e. The number of ether oxygens (including phenoxy) is 1. The lowest BCUT2D eigenvalue weighted by Gasteiger charge is -2.34. The quantitative estimate of drug-likeness (QED) is 0.216. The van der Waals surface area contributed by atoms with E-state index in [-0.39, 0.29) is 40.4 Å². The second kappa shape index (κ2) is 15.5. The molecule has 2 amide bonds. The molecule has 0 saturated heterocycles. The van der Waals surface area contributed by atoms with E-state index in [2.05, 4.69) is 5.32 Å². The fourth-order valence-corrected chi connectivity index (χ4v) is 5.68. The molecular formula is C30H34Cl3N3O5S. The highest BCUT2D eigenvalue weighted by atomic mass is 35.5. The predicted molar refractivity (Wildman–Crippen MR) is 169 cm³/mol. The minimum atomic E-state index is -4.00. The topological polar surface area (TPSA) is 96.0 Å². The summed E-state index contributed by atoms with van der Waals surface area (Å²) in [5.41, 5.74) is 1.54. The first-order valence-corrected chi connectivity index (χ1v) is 16.3. The van der Waals surface area contributed by atoms with E-state index in [4.69, 9.17) is 39.5 Å². The number of anilines is 1. The van der Waals surface area contributed by atoms with Gasteiger partial charge in [-0.05, 0) is 47.9 Å². The van der Waals surface area contributed by atoms with Gasteiger partial charge in [-0.3, -0.25) is 13.9 Å². The van der Waals surface area contributed by atoms with E-state index < -0.39 is 28.5 Å². The van der Waals surface area contributed by atoms with Crippen LogP contribution in [0.5, 0.6) is 5.75 Å². The molecule has 0 heterocycles. The van der Waals surface area contributed by atoms with Crippen LogP contribution in [0.25, 0.3) is 0 Å². The van der Waals surface area contributed by atoms with Gasteiger partial charge in [-0.2, -0.15) is 0 Å². The third kappa shape index (κ3) is 9.26. The molecule has 42 heavy (non-hydrogen) atoms. The molecule has 0 bridgehead atoms. The first-order valence-electron chi connectivity index (χ1n) is 13.3. The van der Waals surface area contributed by atoms with Gasteiger partial charge in [0.25, 0.3) is 0 Å². The van der Waals surface area contributed by atoms with Crippen LogP contribution in [0.1, 0.15) is 30.9 Å². The molecule has 0 aliphatic carbocycles. The molecule has 8 nitrogen and oxygen atoms in total. The Bertz CT molecular complexity index is 1490. The van der Waals surface area contributed by atoms with E-state index in [9.17, 15) is 18.0 Å². The van der Waals surface area contributed by atoms with Crippen LogP contribution in [0, 0.1) is 0 Å². The van der Waals surface area contributed by atoms with Crippen molar-refractivity contribution in [2.24, 2.45) is 0 Å². The summed E-state index contributed by atoms with van der Waals surface area (Å²) in [6, 6.07) is 17.8. The van der Waals surface area contributed by atoms with E-state index in [1.807, 2.05) is 37.3 Å². The summed E-state index contributed by atoms with van der Waals surface area (Å²) in [5.74, 6) is -0.751. The van der Waals surface area contributed by atoms with E-state index >= 15 is 0 Å². The Morgan fingerprint density at radius 3 is 2.29 bits per heavy atom. The summed E-state index contributed by atoms with van der Waals surface area (Å²) in [4.78, 5) is 29.2. The number of benzene rings is 3. The fourth-order valence-electron chi connectivity index (χ4n) is 4.35. The van der Waals surface area contributed by atoms with Crippen molar-refractivity contribution in [1.29, 1.82) is 0 Å². The van der Waals surface area contributed by atoms with Gasteiger partial charge < -0.3 is 15.0 Å². The van der Waals surface area contributed by atoms with Crippen LogP contribution in [-0.2, 0) is 32.6 Å². The van der Waals surface area contributed by atoms with Gasteiger partial charge in [0.15, 0.2) is 0 Å². The predicted octanol–water partition coefficient (Wildman–Crippen LogP) is 5.98. The van der Waals surface area contributed by atoms with Crippen molar-refractivity contribution in [1.82, 2.24) is 10.2 Å².